The van der Waals surface area contributed by atoms with Crippen LogP contribution in [-0.2, 0) is 14.3 Å². The van der Waals surface area contributed by atoms with E-state index in [2.05, 4.69) is 0 Å². The number of ether oxygens (including phenoxy) is 2. The van der Waals surface area contributed by atoms with Crippen LogP contribution >= 0.6 is 12.4 Å². The highest BCUT2D eigenvalue weighted by Gasteiger charge is 2.34. The van der Waals surface area contributed by atoms with Crippen molar-refractivity contribution in [3.05, 3.63) is 0 Å². The molecule has 0 aromatic rings. The summed E-state index contributed by atoms with van der Waals surface area (Å²) in [6.07, 6.45) is 1.38. The van der Waals surface area contributed by atoms with Crippen LogP contribution in [0.25, 0.3) is 0 Å². The highest BCUT2D eigenvalue weighted by molar-refractivity contribution is 5.85. The fourth-order valence-electron chi connectivity index (χ4n) is 2.15. The van der Waals surface area contributed by atoms with Crippen LogP contribution in [0.15, 0.2) is 0 Å². The summed E-state index contributed by atoms with van der Waals surface area (Å²) in [4.78, 5) is 14.2. The molecule has 1 fully saturated rings. The monoisotopic (exact) mass is 294 g/mol. The van der Waals surface area contributed by atoms with Gasteiger partial charge in [-0.25, -0.2) is 0 Å². The Morgan fingerprint density at radius 1 is 1.42 bits per heavy atom. The molecule has 1 unspecified atom stereocenters. The minimum Gasteiger partial charge on any atom is -0.380 e. The zero-order valence-corrected chi connectivity index (χ0v) is 13.1. The average molecular weight is 295 g/mol. The number of hydrogen-bond acceptors (Lipinski definition) is 4. The fraction of sp³-hybridized carbons (Fsp3) is 0.923. The van der Waals surface area contributed by atoms with E-state index in [0.717, 1.165) is 12.8 Å². The van der Waals surface area contributed by atoms with Crippen molar-refractivity contribution in [2.75, 3.05) is 20.2 Å². The lowest BCUT2D eigenvalue weighted by Gasteiger charge is -2.31. The van der Waals surface area contributed by atoms with Crippen molar-refractivity contribution in [2.45, 2.75) is 58.0 Å². The number of carbonyl (C=O) groups excluding carboxylic acids is 1. The summed E-state index contributed by atoms with van der Waals surface area (Å²) in [7, 11) is 1.66. The van der Waals surface area contributed by atoms with E-state index in [1.165, 1.54) is 0 Å². The second-order valence-electron chi connectivity index (χ2n) is 5.19. The van der Waals surface area contributed by atoms with Gasteiger partial charge in [-0.15, -0.1) is 12.4 Å². The first-order chi connectivity index (χ1) is 8.49. The van der Waals surface area contributed by atoms with Gasteiger partial charge in [-0.05, 0) is 33.6 Å². The van der Waals surface area contributed by atoms with Gasteiger partial charge < -0.3 is 20.1 Å². The third kappa shape index (κ3) is 5.26. The molecule has 1 aliphatic rings. The highest BCUT2D eigenvalue weighted by Crippen LogP contribution is 2.21. The molecule has 0 radical (unpaired) electrons. The zero-order chi connectivity index (χ0) is 13.7. The summed E-state index contributed by atoms with van der Waals surface area (Å²) < 4.78 is 10.9. The molecule has 2 N–H and O–H groups in total. The first-order valence-electron chi connectivity index (χ1n) is 6.68. The van der Waals surface area contributed by atoms with E-state index in [-0.39, 0.29) is 42.7 Å². The van der Waals surface area contributed by atoms with E-state index in [1.54, 1.807) is 7.11 Å². The molecule has 0 aromatic carbocycles. The van der Waals surface area contributed by atoms with Crippen molar-refractivity contribution in [2.24, 2.45) is 5.73 Å². The summed E-state index contributed by atoms with van der Waals surface area (Å²) in [5.74, 6) is 0.0600. The predicted octanol–water partition coefficient (Wildman–Crippen LogP) is 1.19. The Morgan fingerprint density at radius 3 is 2.47 bits per heavy atom. The predicted molar refractivity (Wildman–Crippen MR) is 77.5 cm³/mol. The lowest BCUT2D eigenvalue weighted by Crippen LogP contribution is -2.46. The third-order valence-electron chi connectivity index (χ3n) is 3.41. The topological polar surface area (TPSA) is 64.8 Å². The molecule has 19 heavy (non-hydrogen) atoms. The van der Waals surface area contributed by atoms with Crippen molar-refractivity contribution in [1.29, 1.82) is 0 Å². The number of amides is 1. The Morgan fingerprint density at radius 2 is 2.05 bits per heavy atom. The van der Waals surface area contributed by atoms with Crippen molar-refractivity contribution < 1.29 is 14.3 Å². The summed E-state index contributed by atoms with van der Waals surface area (Å²) in [5.41, 5.74) is 5.56. The SMILES string of the molecule is COC(C)CN(C(=O)[C@@H]1CC[C@H](CN)O1)C(C)C.Cl. The highest BCUT2D eigenvalue weighted by atomic mass is 35.5. The number of hydrogen-bond donors (Lipinski definition) is 1. The van der Waals surface area contributed by atoms with E-state index >= 15 is 0 Å². The fourth-order valence-corrected chi connectivity index (χ4v) is 2.15. The first-order valence-corrected chi connectivity index (χ1v) is 6.68. The van der Waals surface area contributed by atoms with Gasteiger partial charge >= 0.3 is 0 Å². The summed E-state index contributed by atoms with van der Waals surface area (Å²) in [6, 6.07) is 0.149. The second kappa shape index (κ2) is 8.74. The summed E-state index contributed by atoms with van der Waals surface area (Å²) in [6.45, 7) is 7.06. The summed E-state index contributed by atoms with van der Waals surface area (Å²) in [5, 5.41) is 0. The van der Waals surface area contributed by atoms with Crippen LogP contribution in [0.3, 0.4) is 0 Å². The molecule has 5 nitrogen and oxygen atoms in total. The number of carbonyl (C=O) groups is 1. The Bertz CT molecular complexity index is 277. The van der Waals surface area contributed by atoms with Crippen molar-refractivity contribution in [3.8, 4) is 0 Å². The van der Waals surface area contributed by atoms with Gasteiger partial charge in [0.15, 0.2) is 0 Å². The maximum atomic E-state index is 12.4. The normalized spacial score (nSPS) is 24.1. The van der Waals surface area contributed by atoms with Gasteiger partial charge in [0.25, 0.3) is 5.91 Å². The molecule has 1 aliphatic heterocycles. The minimum atomic E-state index is -0.329. The molecule has 0 spiro atoms. The molecule has 0 aliphatic carbocycles. The van der Waals surface area contributed by atoms with E-state index < -0.39 is 0 Å². The van der Waals surface area contributed by atoms with Crippen molar-refractivity contribution in [3.63, 3.8) is 0 Å². The van der Waals surface area contributed by atoms with Crippen molar-refractivity contribution >= 4 is 18.3 Å². The second-order valence-corrected chi connectivity index (χ2v) is 5.19. The molecule has 1 amide bonds. The van der Waals surface area contributed by atoms with Crippen LogP contribution in [0.4, 0.5) is 0 Å². The van der Waals surface area contributed by atoms with Crippen LogP contribution in [0.5, 0.6) is 0 Å². The molecule has 1 rings (SSSR count). The number of rotatable bonds is 6. The molecule has 0 saturated carbocycles. The molecular formula is C13H27ClN2O3. The Kier molecular flexibility index (Phi) is 8.57. The number of halogens is 1. The zero-order valence-electron chi connectivity index (χ0n) is 12.3. The number of nitrogens with zero attached hydrogens (tertiary/aromatic N) is 1. The van der Waals surface area contributed by atoms with Crippen LogP contribution in [0, 0.1) is 0 Å². The minimum absolute atomic E-state index is 0. The first kappa shape index (κ1) is 18.6. The van der Waals surface area contributed by atoms with E-state index in [9.17, 15) is 4.79 Å². The smallest absolute Gasteiger partial charge is 0.252 e. The Labute approximate surface area is 122 Å². The Hall–Kier alpha value is -0.360. The van der Waals surface area contributed by atoms with Gasteiger partial charge in [-0.1, -0.05) is 0 Å². The van der Waals surface area contributed by atoms with Gasteiger partial charge in [-0.2, -0.15) is 0 Å². The average Bonchev–Trinajstić information content (AvgIpc) is 2.83. The van der Waals surface area contributed by atoms with Crippen LogP contribution in [0.2, 0.25) is 0 Å². The molecule has 0 aromatic heterocycles. The van der Waals surface area contributed by atoms with Gasteiger partial charge in [0.2, 0.25) is 0 Å². The largest absolute Gasteiger partial charge is 0.380 e. The van der Waals surface area contributed by atoms with Crippen molar-refractivity contribution in [1.82, 2.24) is 4.90 Å². The lowest BCUT2D eigenvalue weighted by atomic mass is 10.1. The summed E-state index contributed by atoms with van der Waals surface area (Å²) >= 11 is 0. The quantitative estimate of drug-likeness (QED) is 0.799. The standard InChI is InChI=1S/C13H26N2O3.ClH/c1-9(2)15(8-10(3)17-4)13(16)12-6-5-11(7-14)18-12;/h9-12H,5-8,14H2,1-4H3;1H/t10?,11-,12+;/m1./s1. The molecule has 1 heterocycles. The number of methoxy groups -OCH3 is 1. The van der Waals surface area contributed by atoms with Gasteiger partial charge in [0.1, 0.15) is 6.10 Å². The molecule has 6 heteroatoms. The molecule has 3 atom stereocenters. The van der Waals surface area contributed by atoms with Crippen LogP contribution < -0.4 is 5.73 Å². The van der Waals surface area contributed by atoms with Gasteiger partial charge in [0.05, 0.1) is 12.2 Å². The van der Waals surface area contributed by atoms with E-state index in [0.29, 0.717) is 13.1 Å². The molecule has 114 valence electrons. The third-order valence-corrected chi connectivity index (χ3v) is 3.41. The Balaban J connectivity index is 0.00000324. The van der Waals surface area contributed by atoms with Crippen LogP contribution in [0.1, 0.15) is 33.6 Å². The van der Waals surface area contributed by atoms with Crippen LogP contribution in [-0.4, -0.2) is 55.4 Å². The maximum absolute atomic E-state index is 12.4. The molecular weight excluding hydrogens is 268 g/mol. The molecule has 0 bridgehead atoms. The lowest BCUT2D eigenvalue weighted by molar-refractivity contribution is -0.146. The number of nitrogens with two attached hydrogens (primary N) is 1. The maximum Gasteiger partial charge on any atom is 0.252 e. The van der Waals surface area contributed by atoms with Gasteiger partial charge in [0, 0.05) is 26.2 Å². The van der Waals surface area contributed by atoms with E-state index in [4.69, 9.17) is 15.2 Å². The molecule has 1 saturated heterocycles. The van der Waals surface area contributed by atoms with Gasteiger partial charge in [-0.3, -0.25) is 4.79 Å². The van der Waals surface area contributed by atoms with E-state index in [1.807, 2.05) is 25.7 Å².